The summed E-state index contributed by atoms with van der Waals surface area (Å²) in [7, 11) is 0. The molecule has 0 aromatic carbocycles. The number of primary amides is 1. The van der Waals surface area contributed by atoms with Crippen LogP contribution in [-0.4, -0.2) is 30.1 Å². The lowest BCUT2D eigenvalue weighted by Crippen LogP contribution is -2.14. The summed E-state index contributed by atoms with van der Waals surface area (Å²) in [5.74, 6) is 1.09. The van der Waals surface area contributed by atoms with Gasteiger partial charge in [0.1, 0.15) is 5.65 Å². The van der Waals surface area contributed by atoms with Crippen LogP contribution in [0.5, 0.6) is 0 Å². The molecule has 0 spiro atoms. The molecule has 0 aliphatic heterocycles. The van der Waals surface area contributed by atoms with E-state index in [-0.39, 0.29) is 12.3 Å². The topological polar surface area (TPSA) is 91.1 Å². The van der Waals surface area contributed by atoms with Gasteiger partial charge < -0.3 is 14.7 Å². The largest absolute Gasteiger partial charge is 0.370 e. The van der Waals surface area contributed by atoms with Gasteiger partial charge in [-0.15, -0.1) is 21.5 Å². The van der Waals surface area contributed by atoms with E-state index in [1.165, 1.54) is 0 Å². The zero-order chi connectivity index (χ0) is 18.8. The van der Waals surface area contributed by atoms with Crippen LogP contribution in [0.1, 0.15) is 17.7 Å². The zero-order valence-corrected chi connectivity index (χ0v) is 16.3. The van der Waals surface area contributed by atoms with Crippen molar-refractivity contribution in [1.82, 2.24) is 24.1 Å². The Morgan fingerprint density at radius 1 is 1.30 bits per heavy atom. The predicted octanol–water partition coefficient (Wildman–Crippen LogP) is 3.13. The summed E-state index contributed by atoms with van der Waals surface area (Å²) < 4.78 is 3.99. The molecule has 4 heterocycles. The molecule has 27 heavy (non-hydrogen) atoms. The average Bonchev–Trinajstić information content (AvgIpc) is 3.37. The minimum absolute atomic E-state index is 0.248. The van der Waals surface area contributed by atoms with Gasteiger partial charge in [0.25, 0.3) is 0 Å². The normalized spacial score (nSPS) is 11.3. The van der Waals surface area contributed by atoms with Crippen molar-refractivity contribution in [2.45, 2.75) is 30.8 Å². The molecule has 138 valence electrons. The van der Waals surface area contributed by atoms with Crippen LogP contribution >= 0.6 is 23.1 Å². The second-order valence-electron chi connectivity index (χ2n) is 6.09. The van der Waals surface area contributed by atoms with Crippen molar-refractivity contribution >= 4 is 34.7 Å². The highest BCUT2D eigenvalue weighted by Gasteiger charge is 2.16. The third-order valence-corrected chi connectivity index (χ3v) is 5.98. The minimum Gasteiger partial charge on any atom is -0.370 e. The van der Waals surface area contributed by atoms with Crippen LogP contribution in [0.3, 0.4) is 0 Å². The van der Waals surface area contributed by atoms with Gasteiger partial charge in [-0.2, -0.15) is 0 Å². The van der Waals surface area contributed by atoms with Gasteiger partial charge in [0, 0.05) is 31.1 Å². The third-order valence-electron chi connectivity index (χ3n) is 4.12. The number of imidazole rings is 1. The maximum atomic E-state index is 11.3. The Morgan fingerprint density at radius 2 is 2.19 bits per heavy atom. The fourth-order valence-corrected chi connectivity index (χ4v) is 4.39. The lowest BCUT2D eigenvalue weighted by atomic mass is 10.3. The Hall–Kier alpha value is -2.65. The molecular weight excluding hydrogens is 380 g/mol. The number of hydrogen-bond acceptors (Lipinski definition) is 6. The summed E-state index contributed by atoms with van der Waals surface area (Å²) in [6.07, 6.45) is 4.27. The number of aryl methyl sites for hydroxylation is 1. The number of carbonyl (C=O) groups excluding carboxylic acids is 1. The van der Waals surface area contributed by atoms with Crippen molar-refractivity contribution in [2.24, 2.45) is 5.73 Å². The van der Waals surface area contributed by atoms with Gasteiger partial charge in [0.05, 0.1) is 10.6 Å². The smallest absolute Gasteiger partial charge is 0.219 e. The van der Waals surface area contributed by atoms with Crippen LogP contribution in [0.2, 0.25) is 0 Å². The fourth-order valence-electron chi connectivity index (χ4n) is 2.82. The molecule has 0 saturated heterocycles. The average molecular weight is 399 g/mol. The Morgan fingerprint density at radius 3 is 2.93 bits per heavy atom. The molecule has 0 saturated carbocycles. The molecule has 0 aliphatic rings. The first kappa shape index (κ1) is 17.7. The second kappa shape index (κ2) is 7.53. The van der Waals surface area contributed by atoms with E-state index in [0.717, 1.165) is 32.8 Å². The third kappa shape index (κ3) is 3.74. The Labute approximate surface area is 164 Å². The van der Waals surface area contributed by atoms with Gasteiger partial charge in [0.15, 0.2) is 11.0 Å². The van der Waals surface area contributed by atoms with Crippen molar-refractivity contribution in [3.05, 3.63) is 53.3 Å². The Balaban J connectivity index is 1.58. The molecule has 4 aromatic heterocycles. The van der Waals surface area contributed by atoms with Crippen LogP contribution in [0.15, 0.2) is 47.2 Å². The lowest BCUT2D eigenvalue weighted by Gasteiger charge is -2.07. The minimum atomic E-state index is -0.340. The number of pyridine rings is 1. The second-order valence-corrected chi connectivity index (χ2v) is 7.98. The summed E-state index contributed by atoms with van der Waals surface area (Å²) in [5.41, 5.74) is 8.41. The van der Waals surface area contributed by atoms with Crippen molar-refractivity contribution in [2.75, 3.05) is 0 Å². The SMILES string of the molecule is Cc1cccn2cc(CSc3nnc(-c4cccs4)n3CCC(N)=O)nc12. The van der Waals surface area contributed by atoms with Crippen LogP contribution in [0.4, 0.5) is 0 Å². The maximum Gasteiger partial charge on any atom is 0.219 e. The van der Waals surface area contributed by atoms with Crippen molar-refractivity contribution in [1.29, 1.82) is 0 Å². The van der Waals surface area contributed by atoms with Crippen LogP contribution in [0.25, 0.3) is 16.3 Å². The van der Waals surface area contributed by atoms with E-state index in [4.69, 9.17) is 10.7 Å². The fraction of sp³-hybridized carbons (Fsp3) is 0.222. The number of thioether (sulfide) groups is 1. The van der Waals surface area contributed by atoms with Gasteiger partial charge >= 0.3 is 0 Å². The van der Waals surface area contributed by atoms with E-state index >= 15 is 0 Å². The lowest BCUT2D eigenvalue weighted by molar-refractivity contribution is -0.118. The predicted molar refractivity (Wildman–Crippen MR) is 107 cm³/mol. The molecule has 9 heteroatoms. The van der Waals surface area contributed by atoms with E-state index in [2.05, 4.69) is 10.2 Å². The number of hydrogen-bond donors (Lipinski definition) is 1. The molecule has 2 N–H and O–H groups in total. The quantitative estimate of drug-likeness (QED) is 0.483. The summed E-state index contributed by atoms with van der Waals surface area (Å²) in [5, 5.41) is 11.4. The van der Waals surface area contributed by atoms with Gasteiger partial charge in [-0.3, -0.25) is 4.79 Å². The Kier molecular flexibility index (Phi) is 4.95. The molecule has 7 nitrogen and oxygen atoms in total. The molecular formula is C18H18N6OS2. The highest BCUT2D eigenvalue weighted by atomic mass is 32.2. The molecule has 1 amide bonds. The van der Waals surface area contributed by atoms with Gasteiger partial charge in [0.2, 0.25) is 5.91 Å². The van der Waals surface area contributed by atoms with Crippen molar-refractivity contribution in [3.8, 4) is 10.7 Å². The zero-order valence-electron chi connectivity index (χ0n) is 14.7. The summed E-state index contributed by atoms with van der Waals surface area (Å²) >= 11 is 3.15. The molecule has 0 bridgehead atoms. The molecule has 0 unspecified atom stereocenters. The number of fused-ring (bicyclic) bond motifs is 1. The van der Waals surface area contributed by atoms with E-state index < -0.39 is 0 Å². The first-order valence-corrected chi connectivity index (χ1v) is 10.3. The van der Waals surface area contributed by atoms with E-state index in [1.54, 1.807) is 23.1 Å². The Bertz CT molecular complexity index is 1080. The highest BCUT2D eigenvalue weighted by molar-refractivity contribution is 7.98. The number of amides is 1. The number of rotatable bonds is 7. The standard InChI is InChI=1S/C18H18N6OS2/c1-12-4-2-7-23-10-13(20-16(12)23)11-27-18-22-21-17(14-5-3-9-26-14)24(18)8-6-15(19)25/h2-5,7,9-10H,6,8,11H2,1H3,(H2,19,25). The summed E-state index contributed by atoms with van der Waals surface area (Å²) in [6.45, 7) is 2.51. The maximum absolute atomic E-state index is 11.3. The number of nitrogens with two attached hydrogens (primary N) is 1. The first-order valence-electron chi connectivity index (χ1n) is 8.43. The summed E-state index contributed by atoms with van der Waals surface area (Å²) in [4.78, 5) is 17.0. The van der Waals surface area contributed by atoms with E-state index in [1.807, 2.05) is 57.9 Å². The number of carbonyl (C=O) groups is 1. The number of nitrogens with zero attached hydrogens (tertiary/aromatic N) is 5. The number of thiophene rings is 1. The summed E-state index contributed by atoms with van der Waals surface area (Å²) in [6, 6.07) is 8.02. The van der Waals surface area contributed by atoms with Crippen LogP contribution in [-0.2, 0) is 17.1 Å². The van der Waals surface area contributed by atoms with E-state index in [0.29, 0.717) is 12.3 Å². The van der Waals surface area contributed by atoms with Gasteiger partial charge in [-0.25, -0.2) is 4.98 Å². The number of aromatic nitrogens is 5. The van der Waals surface area contributed by atoms with Gasteiger partial charge in [-0.05, 0) is 30.0 Å². The van der Waals surface area contributed by atoms with Gasteiger partial charge in [-0.1, -0.05) is 23.9 Å². The van der Waals surface area contributed by atoms with Crippen LogP contribution in [0, 0.1) is 6.92 Å². The van der Waals surface area contributed by atoms with Crippen molar-refractivity contribution < 1.29 is 4.79 Å². The van der Waals surface area contributed by atoms with Crippen LogP contribution < -0.4 is 5.73 Å². The van der Waals surface area contributed by atoms with Crippen molar-refractivity contribution in [3.63, 3.8) is 0 Å². The monoisotopic (exact) mass is 398 g/mol. The van der Waals surface area contributed by atoms with E-state index in [9.17, 15) is 4.79 Å². The highest BCUT2D eigenvalue weighted by Crippen LogP contribution is 2.29. The molecule has 4 rings (SSSR count). The molecule has 0 fully saturated rings. The molecule has 4 aromatic rings. The first-order chi connectivity index (χ1) is 13.1. The molecule has 0 radical (unpaired) electrons. The molecule has 0 atom stereocenters. The molecule has 0 aliphatic carbocycles.